The minimum absolute atomic E-state index is 0.00713. The quantitative estimate of drug-likeness (QED) is 0.811. The first-order valence-electron chi connectivity index (χ1n) is 4.24. The molecule has 0 aliphatic heterocycles. The zero-order valence-corrected chi connectivity index (χ0v) is 8.05. The highest BCUT2D eigenvalue weighted by molar-refractivity contribution is 5.36. The first kappa shape index (κ1) is 10.9. The van der Waals surface area contributed by atoms with Crippen molar-refractivity contribution < 1.29 is 18.6 Å². The van der Waals surface area contributed by atoms with Crippen molar-refractivity contribution in [2.45, 2.75) is 19.4 Å². The molecule has 0 aliphatic carbocycles. The van der Waals surface area contributed by atoms with Gasteiger partial charge in [0.2, 0.25) is 0 Å². The van der Waals surface area contributed by atoms with Crippen LogP contribution in [0.2, 0.25) is 0 Å². The van der Waals surface area contributed by atoms with E-state index in [1.807, 2.05) is 0 Å². The molecule has 0 saturated carbocycles. The Morgan fingerprint density at radius 3 is 2.57 bits per heavy atom. The van der Waals surface area contributed by atoms with E-state index in [9.17, 15) is 8.78 Å². The summed E-state index contributed by atoms with van der Waals surface area (Å²) in [6.07, 6.45) is -0.497. The van der Waals surface area contributed by atoms with E-state index in [-0.39, 0.29) is 12.2 Å². The fourth-order valence-electron chi connectivity index (χ4n) is 1.31. The average molecular weight is 202 g/mol. The van der Waals surface area contributed by atoms with E-state index < -0.39 is 17.7 Å². The molecular formula is C10H12F2O2. The van der Waals surface area contributed by atoms with Crippen molar-refractivity contribution in [3.63, 3.8) is 0 Å². The first-order valence-corrected chi connectivity index (χ1v) is 4.24. The molecule has 0 saturated heterocycles. The number of hydrogen-bond acceptors (Lipinski definition) is 2. The molecule has 1 aromatic rings. The van der Waals surface area contributed by atoms with E-state index >= 15 is 0 Å². The topological polar surface area (TPSA) is 29.5 Å². The number of halogens is 2. The molecule has 0 spiro atoms. The number of ether oxygens (including phenoxy) is 1. The van der Waals surface area contributed by atoms with E-state index in [0.29, 0.717) is 5.56 Å². The van der Waals surface area contributed by atoms with Crippen LogP contribution >= 0.6 is 0 Å². The van der Waals surface area contributed by atoms with Crippen molar-refractivity contribution in [2.24, 2.45) is 0 Å². The van der Waals surface area contributed by atoms with Crippen molar-refractivity contribution in [3.8, 4) is 5.75 Å². The van der Waals surface area contributed by atoms with E-state index in [1.165, 1.54) is 7.11 Å². The largest absolute Gasteiger partial charge is 0.493 e. The smallest absolute Gasteiger partial charge is 0.168 e. The van der Waals surface area contributed by atoms with Gasteiger partial charge in [-0.25, -0.2) is 8.78 Å². The Hall–Kier alpha value is -1.16. The Bertz CT molecular complexity index is 324. The molecule has 0 aliphatic rings. The Morgan fingerprint density at radius 2 is 2.07 bits per heavy atom. The average Bonchev–Trinajstić information content (AvgIpc) is 2.01. The fourth-order valence-corrected chi connectivity index (χ4v) is 1.31. The minimum atomic E-state index is -0.747. The van der Waals surface area contributed by atoms with E-state index in [2.05, 4.69) is 0 Å². The highest BCUT2D eigenvalue weighted by atomic mass is 19.1. The van der Waals surface area contributed by atoms with Crippen LogP contribution in [-0.4, -0.2) is 18.3 Å². The van der Waals surface area contributed by atoms with Crippen LogP contribution in [-0.2, 0) is 6.42 Å². The number of benzene rings is 1. The number of rotatable bonds is 3. The minimum Gasteiger partial charge on any atom is -0.493 e. The number of aliphatic hydroxyl groups is 1. The number of hydrogen-bond donors (Lipinski definition) is 1. The van der Waals surface area contributed by atoms with Crippen LogP contribution in [0.15, 0.2) is 12.1 Å². The lowest BCUT2D eigenvalue weighted by Gasteiger charge is -2.10. The second-order valence-corrected chi connectivity index (χ2v) is 3.13. The van der Waals surface area contributed by atoms with Gasteiger partial charge in [0.05, 0.1) is 13.2 Å². The van der Waals surface area contributed by atoms with Crippen molar-refractivity contribution in [1.29, 1.82) is 0 Å². The van der Waals surface area contributed by atoms with Gasteiger partial charge in [-0.1, -0.05) is 0 Å². The second kappa shape index (κ2) is 4.37. The molecule has 0 radical (unpaired) electrons. The zero-order valence-electron chi connectivity index (χ0n) is 8.05. The van der Waals surface area contributed by atoms with Crippen molar-refractivity contribution >= 4 is 0 Å². The lowest BCUT2D eigenvalue weighted by atomic mass is 10.1. The predicted molar refractivity (Wildman–Crippen MR) is 48.3 cm³/mol. The third-order valence-electron chi connectivity index (χ3n) is 1.80. The lowest BCUT2D eigenvalue weighted by Crippen LogP contribution is -2.07. The molecule has 4 heteroatoms. The summed E-state index contributed by atoms with van der Waals surface area (Å²) in [5, 5.41) is 9.11. The van der Waals surface area contributed by atoms with Crippen LogP contribution in [0.5, 0.6) is 5.75 Å². The Kier molecular flexibility index (Phi) is 3.41. The molecule has 1 aromatic carbocycles. The molecular weight excluding hydrogens is 190 g/mol. The van der Waals surface area contributed by atoms with Gasteiger partial charge in [0.1, 0.15) is 5.82 Å². The molecule has 0 heterocycles. The summed E-state index contributed by atoms with van der Waals surface area (Å²) in [6, 6.07) is 1.92. The Labute approximate surface area is 81.1 Å². The number of methoxy groups -OCH3 is 1. The molecule has 1 atom stereocenters. The van der Waals surface area contributed by atoms with Crippen LogP contribution < -0.4 is 4.74 Å². The SMILES string of the molecule is COc1c(F)cc(F)cc1CC(C)O. The monoisotopic (exact) mass is 202 g/mol. The number of aliphatic hydroxyl groups excluding tert-OH is 1. The van der Waals surface area contributed by atoms with Gasteiger partial charge >= 0.3 is 0 Å². The summed E-state index contributed by atoms with van der Waals surface area (Å²) in [4.78, 5) is 0. The summed E-state index contributed by atoms with van der Waals surface area (Å²) < 4.78 is 30.7. The van der Waals surface area contributed by atoms with Crippen LogP contribution in [0.3, 0.4) is 0 Å². The zero-order chi connectivity index (χ0) is 10.7. The Balaban J connectivity index is 3.11. The maximum Gasteiger partial charge on any atom is 0.168 e. The molecule has 0 amide bonds. The summed E-state index contributed by atoms with van der Waals surface area (Å²) in [5.74, 6) is -1.42. The van der Waals surface area contributed by atoms with Crippen molar-refractivity contribution in [3.05, 3.63) is 29.3 Å². The van der Waals surface area contributed by atoms with Gasteiger partial charge in [0.15, 0.2) is 11.6 Å². The maximum absolute atomic E-state index is 13.1. The van der Waals surface area contributed by atoms with Crippen LogP contribution in [0.4, 0.5) is 8.78 Å². The lowest BCUT2D eigenvalue weighted by molar-refractivity contribution is 0.193. The van der Waals surface area contributed by atoms with Crippen molar-refractivity contribution in [2.75, 3.05) is 7.11 Å². The first-order chi connectivity index (χ1) is 6.54. The molecule has 1 N–H and O–H groups in total. The third-order valence-corrected chi connectivity index (χ3v) is 1.80. The molecule has 14 heavy (non-hydrogen) atoms. The van der Waals surface area contributed by atoms with E-state index in [1.54, 1.807) is 6.92 Å². The summed E-state index contributed by atoms with van der Waals surface area (Å²) >= 11 is 0. The molecule has 0 fully saturated rings. The molecule has 2 nitrogen and oxygen atoms in total. The highest BCUT2D eigenvalue weighted by Crippen LogP contribution is 2.25. The maximum atomic E-state index is 13.1. The molecule has 1 rings (SSSR count). The molecule has 0 aromatic heterocycles. The summed E-state index contributed by atoms with van der Waals surface area (Å²) in [5.41, 5.74) is 0.333. The van der Waals surface area contributed by atoms with Gasteiger partial charge in [0.25, 0.3) is 0 Å². The Morgan fingerprint density at radius 1 is 1.43 bits per heavy atom. The summed E-state index contributed by atoms with van der Waals surface area (Å²) in [7, 11) is 1.31. The fraction of sp³-hybridized carbons (Fsp3) is 0.400. The van der Waals surface area contributed by atoms with E-state index in [4.69, 9.17) is 9.84 Å². The van der Waals surface area contributed by atoms with Gasteiger partial charge in [-0.2, -0.15) is 0 Å². The van der Waals surface area contributed by atoms with Gasteiger partial charge in [0, 0.05) is 18.1 Å². The standard InChI is InChI=1S/C10H12F2O2/c1-6(13)3-7-4-8(11)5-9(12)10(7)14-2/h4-6,13H,3H2,1-2H3. The van der Waals surface area contributed by atoms with E-state index in [0.717, 1.165) is 12.1 Å². The molecule has 78 valence electrons. The van der Waals surface area contributed by atoms with Crippen molar-refractivity contribution in [1.82, 2.24) is 0 Å². The third kappa shape index (κ3) is 2.42. The van der Waals surface area contributed by atoms with Crippen LogP contribution in [0.25, 0.3) is 0 Å². The van der Waals surface area contributed by atoms with Gasteiger partial charge in [-0.15, -0.1) is 0 Å². The van der Waals surface area contributed by atoms with Crippen LogP contribution in [0.1, 0.15) is 12.5 Å². The highest BCUT2D eigenvalue weighted by Gasteiger charge is 2.13. The predicted octanol–water partition coefficient (Wildman–Crippen LogP) is 1.90. The van der Waals surface area contributed by atoms with Gasteiger partial charge in [-0.05, 0) is 13.0 Å². The summed E-state index contributed by atoms with van der Waals surface area (Å²) in [6.45, 7) is 1.54. The van der Waals surface area contributed by atoms with Crippen LogP contribution in [0, 0.1) is 11.6 Å². The van der Waals surface area contributed by atoms with Gasteiger partial charge < -0.3 is 9.84 Å². The molecule has 0 bridgehead atoms. The normalized spacial score (nSPS) is 12.6. The second-order valence-electron chi connectivity index (χ2n) is 3.13. The molecule has 1 unspecified atom stereocenters. The van der Waals surface area contributed by atoms with Gasteiger partial charge in [-0.3, -0.25) is 0 Å².